The molecule has 1 aromatic heterocycles. The molecule has 1 amide bonds. The number of sulfone groups is 1. The van der Waals surface area contributed by atoms with Crippen molar-refractivity contribution in [2.45, 2.75) is 30.1 Å². The van der Waals surface area contributed by atoms with Gasteiger partial charge in [0.25, 0.3) is 5.91 Å². The van der Waals surface area contributed by atoms with Gasteiger partial charge in [0.1, 0.15) is 18.2 Å². The SMILES string of the molecule is CS(=O)(=O)c1ccc(/C(=C\C2CC(F)C(F)C2)C(=O)Nc2ccc(Cl)cn2)cc1. The second kappa shape index (κ2) is 8.59. The molecule has 2 unspecified atom stereocenters. The number of aromatic nitrogens is 1. The van der Waals surface area contributed by atoms with Crippen LogP contribution in [0.5, 0.6) is 0 Å². The number of alkyl halides is 2. The number of hydrogen-bond acceptors (Lipinski definition) is 4. The largest absolute Gasteiger partial charge is 0.307 e. The van der Waals surface area contributed by atoms with E-state index in [4.69, 9.17) is 11.6 Å². The Bertz CT molecular complexity index is 1010. The van der Waals surface area contributed by atoms with Crippen molar-refractivity contribution in [1.82, 2.24) is 4.98 Å². The lowest BCUT2D eigenvalue weighted by Crippen LogP contribution is -2.15. The molecular formula is C20H19ClF2N2O3S. The summed E-state index contributed by atoms with van der Waals surface area (Å²) in [6, 6.07) is 8.84. The molecule has 1 aliphatic carbocycles. The molecule has 0 saturated heterocycles. The summed E-state index contributed by atoms with van der Waals surface area (Å²) < 4.78 is 50.5. The third kappa shape index (κ3) is 5.39. The third-order valence-corrected chi connectivity index (χ3v) is 6.01. The minimum atomic E-state index is -3.40. The molecule has 0 radical (unpaired) electrons. The molecule has 1 aromatic carbocycles. The zero-order chi connectivity index (χ0) is 21.2. The van der Waals surface area contributed by atoms with Gasteiger partial charge in [0.2, 0.25) is 0 Å². The minimum Gasteiger partial charge on any atom is -0.307 e. The number of allylic oxidation sites excluding steroid dienone is 1. The van der Waals surface area contributed by atoms with Gasteiger partial charge in [0.05, 0.1) is 9.92 Å². The molecule has 1 saturated carbocycles. The molecule has 3 rings (SSSR count). The van der Waals surface area contributed by atoms with E-state index < -0.39 is 34.0 Å². The average molecular weight is 441 g/mol. The average Bonchev–Trinajstić information content (AvgIpc) is 2.98. The van der Waals surface area contributed by atoms with E-state index in [2.05, 4.69) is 10.3 Å². The number of benzene rings is 1. The monoisotopic (exact) mass is 440 g/mol. The van der Waals surface area contributed by atoms with Crippen molar-refractivity contribution in [2.75, 3.05) is 11.6 Å². The predicted molar refractivity (Wildman–Crippen MR) is 108 cm³/mol. The van der Waals surface area contributed by atoms with Crippen molar-refractivity contribution in [3.63, 3.8) is 0 Å². The highest BCUT2D eigenvalue weighted by atomic mass is 35.5. The summed E-state index contributed by atoms with van der Waals surface area (Å²) in [4.78, 5) is 17.0. The van der Waals surface area contributed by atoms with E-state index in [9.17, 15) is 22.0 Å². The van der Waals surface area contributed by atoms with Crippen LogP contribution >= 0.6 is 11.6 Å². The zero-order valence-electron chi connectivity index (χ0n) is 15.5. The lowest BCUT2D eigenvalue weighted by atomic mass is 9.98. The van der Waals surface area contributed by atoms with Gasteiger partial charge in [-0.05, 0) is 48.6 Å². The van der Waals surface area contributed by atoms with Crippen molar-refractivity contribution < 1.29 is 22.0 Å². The van der Waals surface area contributed by atoms with E-state index in [0.717, 1.165) is 6.26 Å². The fourth-order valence-electron chi connectivity index (χ4n) is 3.16. The van der Waals surface area contributed by atoms with E-state index in [0.29, 0.717) is 10.6 Å². The number of halogens is 3. The summed E-state index contributed by atoms with van der Waals surface area (Å²) in [6.07, 6.45) is 0.834. The van der Waals surface area contributed by atoms with Crippen LogP contribution in [0.3, 0.4) is 0 Å². The van der Waals surface area contributed by atoms with Crippen LogP contribution in [0, 0.1) is 5.92 Å². The van der Waals surface area contributed by atoms with E-state index in [1.54, 1.807) is 6.07 Å². The van der Waals surface area contributed by atoms with Crippen LogP contribution in [0.15, 0.2) is 53.6 Å². The number of pyridine rings is 1. The highest BCUT2D eigenvalue weighted by molar-refractivity contribution is 7.90. The maximum atomic E-state index is 13.6. The quantitative estimate of drug-likeness (QED) is 0.705. The number of rotatable bonds is 5. The predicted octanol–water partition coefficient (Wildman–Crippen LogP) is 4.25. The van der Waals surface area contributed by atoms with Gasteiger partial charge in [-0.2, -0.15) is 0 Å². The first-order valence-corrected chi connectivity index (χ1v) is 11.1. The van der Waals surface area contributed by atoms with Gasteiger partial charge in [0.15, 0.2) is 9.84 Å². The van der Waals surface area contributed by atoms with Gasteiger partial charge >= 0.3 is 0 Å². The number of anilines is 1. The fourth-order valence-corrected chi connectivity index (χ4v) is 3.90. The smallest absolute Gasteiger partial charge is 0.257 e. The number of nitrogens with zero attached hydrogens (tertiary/aromatic N) is 1. The molecule has 0 bridgehead atoms. The summed E-state index contributed by atoms with van der Waals surface area (Å²) in [5.41, 5.74) is 0.620. The standard InChI is InChI=1S/C20H19ClF2N2O3S/c1-29(27,28)15-5-2-13(3-6-15)16(8-12-9-17(22)18(23)10-12)20(26)25-19-7-4-14(21)11-24-19/h2-8,11-12,17-18H,9-10H2,1H3,(H,24,25,26)/b16-8+. The minimum absolute atomic E-state index is 0.0153. The van der Waals surface area contributed by atoms with Crippen molar-refractivity contribution in [3.8, 4) is 0 Å². The van der Waals surface area contributed by atoms with Gasteiger partial charge in [-0.15, -0.1) is 0 Å². The van der Waals surface area contributed by atoms with Gasteiger partial charge in [-0.25, -0.2) is 22.2 Å². The molecule has 154 valence electrons. The van der Waals surface area contributed by atoms with Gasteiger partial charge in [-0.3, -0.25) is 4.79 Å². The van der Waals surface area contributed by atoms with Crippen molar-refractivity contribution in [3.05, 3.63) is 59.3 Å². The number of hydrogen-bond donors (Lipinski definition) is 1. The summed E-state index contributed by atoms with van der Waals surface area (Å²) in [5.74, 6) is -0.714. The van der Waals surface area contributed by atoms with E-state index >= 15 is 0 Å². The molecule has 0 aliphatic heterocycles. The number of amides is 1. The molecule has 2 aromatic rings. The van der Waals surface area contributed by atoms with Gasteiger partial charge in [0, 0.05) is 18.0 Å². The van der Waals surface area contributed by atoms with Crippen LogP contribution in [0.2, 0.25) is 5.02 Å². The molecule has 1 aliphatic rings. The van der Waals surface area contributed by atoms with E-state index in [-0.39, 0.29) is 29.1 Å². The highest BCUT2D eigenvalue weighted by Gasteiger charge is 2.34. The molecule has 1 heterocycles. The number of nitrogens with one attached hydrogen (secondary N) is 1. The Labute approximate surface area is 172 Å². The van der Waals surface area contributed by atoms with Crippen LogP contribution in [0.25, 0.3) is 5.57 Å². The molecular weight excluding hydrogens is 422 g/mol. The Balaban J connectivity index is 1.93. The first kappa shape index (κ1) is 21.4. The van der Waals surface area contributed by atoms with E-state index in [1.165, 1.54) is 42.6 Å². The first-order chi connectivity index (χ1) is 13.6. The maximum Gasteiger partial charge on any atom is 0.257 e. The molecule has 2 atom stereocenters. The second-order valence-corrected chi connectivity index (χ2v) is 9.41. The highest BCUT2D eigenvalue weighted by Crippen LogP contribution is 2.34. The van der Waals surface area contributed by atoms with Crippen LogP contribution in [0.1, 0.15) is 18.4 Å². The van der Waals surface area contributed by atoms with Crippen LogP contribution in [0.4, 0.5) is 14.6 Å². The Morgan fingerprint density at radius 1 is 1.14 bits per heavy atom. The fraction of sp³-hybridized carbons (Fsp3) is 0.300. The van der Waals surface area contributed by atoms with Gasteiger partial charge < -0.3 is 5.32 Å². The number of carbonyl (C=O) groups is 1. The second-order valence-electron chi connectivity index (χ2n) is 6.96. The topological polar surface area (TPSA) is 76.1 Å². The Morgan fingerprint density at radius 2 is 1.76 bits per heavy atom. The lowest BCUT2D eigenvalue weighted by molar-refractivity contribution is -0.111. The summed E-state index contributed by atoms with van der Waals surface area (Å²) in [5, 5.41) is 3.03. The van der Waals surface area contributed by atoms with Crippen molar-refractivity contribution >= 4 is 38.7 Å². The summed E-state index contributed by atoms with van der Waals surface area (Å²) >= 11 is 5.79. The third-order valence-electron chi connectivity index (χ3n) is 4.66. The first-order valence-electron chi connectivity index (χ1n) is 8.87. The summed E-state index contributed by atoms with van der Waals surface area (Å²) in [7, 11) is -3.40. The molecule has 29 heavy (non-hydrogen) atoms. The molecule has 1 fully saturated rings. The Morgan fingerprint density at radius 3 is 2.28 bits per heavy atom. The van der Waals surface area contributed by atoms with E-state index in [1.807, 2.05) is 0 Å². The normalized spacial score (nSPS) is 22.5. The maximum absolute atomic E-state index is 13.6. The summed E-state index contributed by atoms with van der Waals surface area (Å²) in [6.45, 7) is 0. The van der Waals surface area contributed by atoms with Crippen molar-refractivity contribution in [1.29, 1.82) is 0 Å². The molecule has 5 nitrogen and oxygen atoms in total. The van der Waals surface area contributed by atoms with Crippen LogP contribution < -0.4 is 5.32 Å². The van der Waals surface area contributed by atoms with Gasteiger partial charge in [-0.1, -0.05) is 29.8 Å². The Kier molecular flexibility index (Phi) is 6.33. The van der Waals surface area contributed by atoms with Crippen LogP contribution in [-0.4, -0.2) is 37.9 Å². The zero-order valence-corrected chi connectivity index (χ0v) is 17.1. The Hall–Kier alpha value is -2.32. The van der Waals surface area contributed by atoms with Crippen LogP contribution in [-0.2, 0) is 14.6 Å². The van der Waals surface area contributed by atoms with Crippen molar-refractivity contribution in [2.24, 2.45) is 5.92 Å². The lowest BCUT2D eigenvalue weighted by Gasteiger charge is -2.12. The number of carbonyl (C=O) groups excluding carboxylic acids is 1. The molecule has 1 N–H and O–H groups in total. The molecule has 0 spiro atoms. The molecule has 9 heteroatoms.